The minimum absolute atomic E-state index is 0.0971. The summed E-state index contributed by atoms with van der Waals surface area (Å²) in [6.45, 7) is 0. The molecular weight excluding hydrogens is 465 g/mol. The number of aromatic nitrogens is 2. The fourth-order valence-electron chi connectivity index (χ4n) is 2.49. The van der Waals surface area contributed by atoms with Gasteiger partial charge in [0.25, 0.3) is 5.91 Å². The van der Waals surface area contributed by atoms with Crippen molar-refractivity contribution >= 4 is 39.2 Å². The van der Waals surface area contributed by atoms with Crippen LogP contribution in [0, 0.1) is 5.82 Å². The van der Waals surface area contributed by atoms with Gasteiger partial charge in [-0.2, -0.15) is 0 Å². The zero-order chi connectivity index (χ0) is 21.7. The number of rotatable bonds is 6. The molecule has 0 radical (unpaired) electrons. The number of hydrogen-bond donors (Lipinski definition) is 3. The number of hydroxylamine groups is 1. The average Bonchev–Trinajstić information content (AvgIpc) is 3.21. The summed E-state index contributed by atoms with van der Waals surface area (Å²) in [6, 6.07) is 8.80. The Labute approximate surface area is 177 Å². The highest BCUT2D eigenvalue weighted by Crippen LogP contribution is 2.29. The average molecular weight is 480 g/mol. The normalized spacial score (nSPS) is 11.2. The van der Waals surface area contributed by atoms with Gasteiger partial charge >= 0.3 is 0 Å². The van der Waals surface area contributed by atoms with Crippen molar-refractivity contribution in [2.24, 2.45) is 4.99 Å². The van der Waals surface area contributed by atoms with Crippen LogP contribution in [0.5, 0.6) is 11.5 Å². The molecule has 1 amide bonds. The van der Waals surface area contributed by atoms with Crippen LogP contribution in [-0.2, 0) is 0 Å². The van der Waals surface area contributed by atoms with Crippen molar-refractivity contribution in [1.82, 2.24) is 15.8 Å². The van der Waals surface area contributed by atoms with Crippen molar-refractivity contribution in [3.05, 3.63) is 57.9 Å². The van der Waals surface area contributed by atoms with E-state index in [1.54, 1.807) is 18.2 Å². The van der Waals surface area contributed by atoms with Crippen molar-refractivity contribution in [3.8, 4) is 11.5 Å². The Morgan fingerprint density at radius 3 is 2.50 bits per heavy atom. The van der Waals surface area contributed by atoms with Crippen LogP contribution in [-0.4, -0.2) is 41.5 Å². The predicted octanol–water partition coefficient (Wildman–Crippen LogP) is 3.30. The SMILES string of the molecule is COc1cccc(OC)c1C(=O)Nc1nonc1C(=Nc1ccc(F)c(Br)c1)NO. The van der Waals surface area contributed by atoms with E-state index in [-0.39, 0.29) is 44.6 Å². The number of nitrogens with zero attached hydrogens (tertiary/aromatic N) is 3. The van der Waals surface area contributed by atoms with Crippen molar-refractivity contribution in [3.63, 3.8) is 0 Å². The third-order valence-electron chi connectivity index (χ3n) is 3.85. The molecule has 0 aliphatic rings. The summed E-state index contributed by atoms with van der Waals surface area (Å²) in [5.41, 5.74) is 2.17. The summed E-state index contributed by atoms with van der Waals surface area (Å²) in [4.78, 5) is 16.9. The molecule has 3 rings (SSSR count). The van der Waals surface area contributed by atoms with Crippen LogP contribution in [0.2, 0.25) is 0 Å². The number of benzene rings is 2. The van der Waals surface area contributed by atoms with Gasteiger partial charge in [0.2, 0.25) is 5.82 Å². The zero-order valence-corrected chi connectivity index (χ0v) is 17.2. The Kier molecular flexibility index (Phi) is 6.59. The number of nitrogens with one attached hydrogen (secondary N) is 2. The molecule has 0 aliphatic heterocycles. The molecule has 0 bridgehead atoms. The number of aliphatic imine (C=N–C) groups is 1. The molecule has 0 saturated heterocycles. The number of carbonyl (C=O) groups is 1. The Morgan fingerprint density at radius 1 is 1.20 bits per heavy atom. The monoisotopic (exact) mass is 479 g/mol. The third-order valence-corrected chi connectivity index (χ3v) is 4.46. The van der Waals surface area contributed by atoms with E-state index in [1.807, 2.05) is 5.48 Å². The van der Waals surface area contributed by atoms with E-state index in [1.165, 1.54) is 32.4 Å². The highest BCUT2D eigenvalue weighted by molar-refractivity contribution is 9.10. The lowest BCUT2D eigenvalue weighted by atomic mass is 10.1. The van der Waals surface area contributed by atoms with Gasteiger partial charge in [0.15, 0.2) is 11.5 Å². The molecule has 30 heavy (non-hydrogen) atoms. The first-order valence-corrected chi connectivity index (χ1v) is 9.07. The molecule has 2 aromatic carbocycles. The van der Waals surface area contributed by atoms with E-state index in [2.05, 4.69) is 41.2 Å². The van der Waals surface area contributed by atoms with Crippen LogP contribution in [0.4, 0.5) is 15.9 Å². The van der Waals surface area contributed by atoms with E-state index >= 15 is 0 Å². The van der Waals surface area contributed by atoms with E-state index < -0.39 is 11.7 Å². The maximum atomic E-state index is 13.4. The maximum Gasteiger partial charge on any atom is 0.264 e. The van der Waals surface area contributed by atoms with Gasteiger partial charge in [0.1, 0.15) is 22.9 Å². The van der Waals surface area contributed by atoms with Crippen LogP contribution < -0.4 is 20.3 Å². The van der Waals surface area contributed by atoms with Crippen LogP contribution in [0.1, 0.15) is 16.1 Å². The number of ether oxygens (including phenoxy) is 2. The third kappa shape index (κ3) is 4.39. The van der Waals surface area contributed by atoms with Gasteiger partial charge in [-0.25, -0.2) is 14.0 Å². The Balaban J connectivity index is 1.94. The molecule has 0 atom stereocenters. The summed E-state index contributed by atoms with van der Waals surface area (Å²) in [6.07, 6.45) is 0. The summed E-state index contributed by atoms with van der Waals surface area (Å²) in [5.74, 6) is -0.880. The van der Waals surface area contributed by atoms with Gasteiger partial charge in [0.05, 0.1) is 24.4 Å². The van der Waals surface area contributed by atoms with Gasteiger partial charge in [-0.1, -0.05) is 6.07 Å². The second kappa shape index (κ2) is 9.33. The Hall–Kier alpha value is -3.51. The standard InChI is InChI=1S/C18H15BrFN5O5/c1-28-12-4-3-5-13(29-2)14(12)18(26)22-17-15(24-30-25-17)16(23-27)21-9-6-7-11(20)10(19)8-9/h3-8,27H,1-2H3,(H,21,23)(H,22,25,26). The molecule has 1 aromatic heterocycles. The van der Waals surface area contributed by atoms with Crippen LogP contribution >= 0.6 is 15.9 Å². The summed E-state index contributed by atoms with van der Waals surface area (Å²) >= 11 is 3.05. The molecule has 0 aliphatic carbocycles. The molecule has 10 nitrogen and oxygen atoms in total. The number of amides is 1. The van der Waals surface area contributed by atoms with Crippen molar-refractivity contribution in [1.29, 1.82) is 0 Å². The molecule has 0 unspecified atom stereocenters. The number of hydrogen-bond acceptors (Lipinski definition) is 8. The van der Waals surface area contributed by atoms with Crippen LogP contribution in [0.15, 0.2) is 50.5 Å². The second-order valence-electron chi connectivity index (χ2n) is 5.62. The largest absolute Gasteiger partial charge is 0.496 e. The molecule has 0 saturated carbocycles. The number of methoxy groups -OCH3 is 2. The first-order valence-electron chi connectivity index (χ1n) is 8.27. The minimum atomic E-state index is -0.622. The van der Waals surface area contributed by atoms with Gasteiger partial charge in [-0.3, -0.25) is 15.5 Å². The smallest absolute Gasteiger partial charge is 0.264 e. The molecular formula is C18H15BrFN5O5. The van der Waals surface area contributed by atoms with Gasteiger partial charge < -0.3 is 14.8 Å². The van der Waals surface area contributed by atoms with Crippen LogP contribution in [0.25, 0.3) is 0 Å². The molecule has 3 N–H and O–H groups in total. The number of carbonyl (C=O) groups excluding carboxylic acids is 1. The van der Waals surface area contributed by atoms with E-state index in [9.17, 15) is 14.4 Å². The second-order valence-corrected chi connectivity index (χ2v) is 6.48. The molecule has 3 aromatic rings. The van der Waals surface area contributed by atoms with Crippen molar-refractivity contribution in [2.75, 3.05) is 19.5 Å². The lowest BCUT2D eigenvalue weighted by Crippen LogP contribution is -2.23. The lowest BCUT2D eigenvalue weighted by molar-refractivity contribution is 0.102. The van der Waals surface area contributed by atoms with Gasteiger partial charge in [-0.15, -0.1) is 0 Å². The van der Waals surface area contributed by atoms with Crippen molar-refractivity contribution < 1.29 is 28.5 Å². The van der Waals surface area contributed by atoms with E-state index in [4.69, 9.17) is 9.47 Å². The Morgan fingerprint density at radius 2 is 1.90 bits per heavy atom. The fourth-order valence-corrected chi connectivity index (χ4v) is 2.85. The number of halogens is 2. The highest BCUT2D eigenvalue weighted by atomic mass is 79.9. The first kappa shape index (κ1) is 21.2. The molecule has 1 heterocycles. The van der Waals surface area contributed by atoms with E-state index in [0.717, 1.165) is 0 Å². The fraction of sp³-hybridized carbons (Fsp3) is 0.111. The topological polar surface area (TPSA) is 131 Å². The summed E-state index contributed by atoms with van der Waals surface area (Å²) in [7, 11) is 2.83. The highest BCUT2D eigenvalue weighted by Gasteiger charge is 2.23. The first-order chi connectivity index (χ1) is 14.5. The molecule has 0 fully saturated rings. The number of amidine groups is 1. The van der Waals surface area contributed by atoms with E-state index in [0.29, 0.717) is 0 Å². The summed E-state index contributed by atoms with van der Waals surface area (Å²) < 4.78 is 28.7. The van der Waals surface area contributed by atoms with Gasteiger partial charge in [0, 0.05) is 0 Å². The van der Waals surface area contributed by atoms with Gasteiger partial charge in [-0.05, 0) is 56.6 Å². The molecule has 12 heteroatoms. The predicted molar refractivity (Wildman–Crippen MR) is 107 cm³/mol. The van der Waals surface area contributed by atoms with Crippen molar-refractivity contribution in [2.45, 2.75) is 0 Å². The Bertz CT molecular complexity index is 1080. The van der Waals surface area contributed by atoms with Crippen LogP contribution in [0.3, 0.4) is 0 Å². The summed E-state index contributed by atoms with van der Waals surface area (Å²) in [5, 5.41) is 19.3. The molecule has 0 spiro atoms. The lowest BCUT2D eigenvalue weighted by Gasteiger charge is -2.12. The molecule has 156 valence electrons. The maximum absolute atomic E-state index is 13.4. The quantitative estimate of drug-likeness (QED) is 0.278. The minimum Gasteiger partial charge on any atom is -0.496 e. The number of anilines is 1. The zero-order valence-electron chi connectivity index (χ0n) is 15.6.